The fourth-order valence-corrected chi connectivity index (χ4v) is 2.01. The minimum absolute atomic E-state index is 0.383. The van der Waals surface area contributed by atoms with E-state index < -0.39 is 0 Å². The quantitative estimate of drug-likeness (QED) is 0.583. The van der Waals surface area contributed by atoms with Gasteiger partial charge in [-0.3, -0.25) is 4.90 Å². The molecule has 1 heterocycles. The fraction of sp³-hybridized carbons (Fsp3) is 1.00. The zero-order chi connectivity index (χ0) is 9.19. The van der Waals surface area contributed by atoms with E-state index in [0.717, 1.165) is 5.92 Å². The van der Waals surface area contributed by atoms with E-state index in [2.05, 4.69) is 32.6 Å². The fourth-order valence-electron chi connectivity index (χ4n) is 2.01. The minimum atomic E-state index is 0.383. The second-order valence-electron chi connectivity index (χ2n) is 5.03. The maximum Gasteiger partial charge on any atom is 0.0125 e. The van der Waals surface area contributed by atoms with Gasteiger partial charge in [-0.05, 0) is 46.1 Å². The summed E-state index contributed by atoms with van der Waals surface area (Å²) in [5.41, 5.74) is 0.383. The van der Waals surface area contributed by atoms with Crippen molar-refractivity contribution in [1.29, 1.82) is 0 Å². The summed E-state index contributed by atoms with van der Waals surface area (Å²) in [5.74, 6) is 0.956. The van der Waals surface area contributed by atoms with E-state index in [9.17, 15) is 0 Å². The summed E-state index contributed by atoms with van der Waals surface area (Å²) < 4.78 is 0. The molecule has 1 heteroatoms. The standard InChI is InChI=1S/C11H23N/c1-5-10-7-6-8-12(9-10)11(2,3)4/h10H,5-9H2,1-4H3. The molecule has 0 aromatic heterocycles. The highest BCUT2D eigenvalue weighted by Crippen LogP contribution is 2.24. The lowest BCUT2D eigenvalue weighted by atomic mass is 9.92. The van der Waals surface area contributed by atoms with Gasteiger partial charge in [-0.1, -0.05) is 13.3 Å². The number of likely N-dealkylation sites (tertiary alicyclic amines) is 1. The van der Waals surface area contributed by atoms with Crippen molar-refractivity contribution in [2.75, 3.05) is 13.1 Å². The molecular formula is C11H23N. The van der Waals surface area contributed by atoms with Crippen LogP contribution in [0.2, 0.25) is 0 Å². The molecule has 1 fully saturated rings. The molecule has 0 aromatic carbocycles. The van der Waals surface area contributed by atoms with Crippen LogP contribution in [0.3, 0.4) is 0 Å². The first-order valence-electron chi connectivity index (χ1n) is 5.29. The van der Waals surface area contributed by atoms with Crippen molar-refractivity contribution in [2.45, 2.75) is 52.5 Å². The van der Waals surface area contributed by atoms with E-state index in [4.69, 9.17) is 0 Å². The van der Waals surface area contributed by atoms with Crippen LogP contribution in [-0.2, 0) is 0 Å². The van der Waals surface area contributed by atoms with Crippen LogP contribution in [0.25, 0.3) is 0 Å². The summed E-state index contributed by atoms with van der Waals surface area (Å²) in [6.07, 6.45) is 4.20. The second kappa shape index (κ2) is 3.78. The average molecular weight is 169 g/mol. The Morgan fingerprint density at radius 3 is 2.50 bits per heavy atom. The molecule has 1 atom stereocenters. The van der Waals surface area contributed by atoms with Gasteiger partial charge in [0.1, 0.15) is 0 Å². The molecule has 0 aliphatic carbocycles. The van der Waals surface area contributed by atoms with Gasteiger partial charge in [0.25, 0.3) is 0 Å². The molecule has 1 saturated heterocycles. The van der Waals surface area contributed by atoms with Gasteiger partial charge in [-0.2, -0.15) is 0 Å². The summed E-state index contributed by atoms with van der Waals surface area (Å²) in [7, 11) is 0. The first kappa shape index (κ1) is 10.0. The molecule has 0 bridgehead atoms. The highest BCUT2D eigenvalue weighted by atomic mass is 15.2. The van der Waals surface area contributed by atoms with Crippen LogP contribution in [0.5, 0.6) is 0 Å². The summed E-state index contributed by atoms with van der Waals surface area (Å²) in [6.45, 7) is 11.9. The number of rotatable bonds is 1. The zero-order valence-electron chi connectivity index (χ0n) is 9.06. The Kier molecular flexibility index (Phi) is 3.16. The van der Waals surface area contributed by atoms with Gasteiger partial charge in [-0.15, -0.1) is 0 Å². The Morgan fingerprint density at radius 2 is 2.00 bits per heavy atom. The molecule has 0 amide bonds. The van der Waals surface area contributed by atoms with Crippen molar-refractivity contribution in [2.24, 2.45) is 5.92 Å². The lowest BCUT2D eigenvalue weighted by Crippen LogP contribution is -2.47. The zero-order valence-corrected chi connectivity index (χ0v) is 9.06. The summed E-state index contributed by atoms with van der Waals surface area (Å²) in [6, 6.07) is 0. The van der Waals surface area contributed by atoms with Gasteiger partial charge in [0.2, 0.25) is 0 Å². The Labute approximate surface area is 77.1 Å². The molecule has 72 valence electrons. The molecule has 0 aromatic rings. The van der Waals surface area contributed by atoms with Crippen molar-refractivity contribution < 1.29 is 0 Å². The van der Waals surface area contributed by atoms with E-state index in [1.54, 1.807) is 0 Å². The molecule has 12 heavy (non-hydrogen) atoms. The van der Waals surface area contributed by atoms with E-state index >= 15 is 0 Å². The van der Waals surface area contributed by atoms with E-state index in [0.29, 0.717) is 5.54 Å². The van der Waals surface area contributed by atoms with Crippen molar-refractivity contribution in [3.8, 4) is 0 Å². The van der Waals surface area contributed by atoms with Crippen LogP contribution >= 0.6 is 0 Å². The molecule has 0 saturated carbocycles. The third kappa shape index (κ3) is 2.48. The van der Waals surface area contributed by atoms with Crippen LogP contribution in [0.15, 0.2) is 0 Å². The average Bonchev–Trinajstić information content (AvgIpc) is 2.03. The summed E-state index contributed by atoms with van der Waals surface area (Å²) >= 11 is 0. The van der Waals surface area contributed by atoms with Crippen LogP contribution in [-0.4, -0.2) is 23.5 Å². The topological polar surface area (TPSA) is 3.24 Å². The predicted molar refractivity (Wildman–Crippen MR) is 54.3 cm³/mol. The maximum atomic E-state index is 2.63. The van der Waals surface area contributed by atoms with Gasteiger partial charge in [-0.25, -0.2) is 0 Å². The van der Waals surface area contributed by atoms with Crippen LogP contribution < -0.4 is 0 Å². The van der Waals surface area contributed by atoms with E-state index in [1.807, 2.05) is 0 Å². The smallest absolute Gasteiger partial charge is 0.0125 e. The van der Waals surface area contributed by atoms with Crippen molar-refractivity contribution in [1.82, 2.24) is 4.90 Å². The predicted octanol–water partition coefficient (Wildman–Crippen LogP) is 2.91. The van der Waals surface area contributed by atoms with Crippen LogP contribution in [0.4, 0.5) is 0 Å². The Balaban J connectivity index is 2.46. The minimum Gasteiger partial charge on any atom is -0.298 e. The van der Waals surface area contributed by atoms with Crippen molar-refractivity contribution in [3.05, 3.63) is 0 Å². The monoisotopic (exact) mass is 169 g/mol. The van der Waals surface area contributed by atoms with Crippen LogP contribution in [0.1, 0.15) is 47.0 Å². The van der Waals surface area contributed by atoms with E-state index in [1.165, 1.54) is 32.4 Å². The van der Waals surface area contributed by atoms with Gasteiger partial charge < -0.3 is 0 Å². The number of hydrogen-bond acceptors (Lipinski definition) is 1. The first-order chi connectivity index (χ1) is 5.54. The Bertz CT molecular complexity index is 134. The van der Waals surface area contributed by atoms with Gasteiger partial charge in [0, 0.05) is 12.1 Å². The molecule has 1 aliphatic heterocycles. The third-order valence-corrected chi connectivity index (χ3v) is 3.05. The van der Waals surface area contributed by atoms with E-state index in [-0.39, 0.29) is 0 Å². The van der Waals surface area contributed by atoms with Crippen molar-refractivity contribution in [3.63, 3.8) is 0 Å². The first-order valence-corrected chi connectivity index (χ1v) is 5.29. The molecule has 1 aliphatic rings. The van der Waals surface area contributed by atoms with Crippen LogP contribution in [0, 0.1) is 5.92 Å². The van der Waals surface area contributed by atoms with Crippen molar-refractivity contribution >= 4 is 0 Å². The number of piperidine rings is 1. The molecule has 0 radical (unpaired) electrons. The highest BCUT2D eigenvalue weighted by molar-refractivity contribution is 4.81. The largest absolute Gasteiger partial charge is 0.298 e. The lowest BCUT2D eigenvalue weighted by Gasteiger charge is -2.41. The molecule has 0 N–H and O–H groups in total. The van der Waals surface area contributed by atoms with Gasteiger partial charge >= 0.3 is 0 Å². The molecule has 1 unspecified atom stereocenters. The highest BCUT2D eigenvalue weighted by Gasteiger charge is 2.26. The lowest BCUT2D eigenvalue weighted by molar-refractivity contribution is 0.0778. The number of nitrogens with zero attached hydrogens (tertiary/aromatic N) is 1. The maximum absolute atomic E-state index is 2.63. The van der Waals surface area contributed by atoms with Gasteiger partial charge in [0.05, 0.1) is 0 Å². The molecule has 1 nitrogen and oxygen atoms in total. The SMILES string of the molecule is CCC1CCCN(C(C)(C)C)C1. The summed E-state index contributed by atoms with van der Waals surface area (Å²) in [5, 5.41) is 0. The molecule has 1 rings (SSSR count). The Hall–Kier alpha value is -0.0400. The second-order valence-corrected chi connectivity index (χ2v) is 5.03. The third-order valence-electron chi connectivity index (χ3n) is 3.05. The summed E-state index contributed by atoms with van der Waals surface area (Å²) in [4.78, 5) is 2.63. The normalized spacial score (nSPS) is 27.5. The number of hydrogen-bond donors (Lipinski definition) is 0. The Morgan fingerprint density at radius 1 is 1.33 bits per heavy atom. The molecule has 0 spiro atoms. The molecular weight excluding hydrogens is 146 g/mol. The van der Waals surface area contributed by atoms with Gasteiger partial charge in [0.15, 0.2) is 0 Å².